The summed E-state index contributed by atoms with van der Waals surface area (Å²) in [6, 6.07) is 10.5. The minimum atomic E-state index is -0.473. The van der Waals surface area contributed by atoms with Gasteiger partial charge in [0.05, 0.1) is 4.92 Å². The molecule has 1 unspecified atom stereocenters. The molecule has 2 aromatic rings. The van der Waals surface area contributed by atoms with Crippen molar-refractivity contribution in [1.82, 2.24) is 14.8 Å². The van der Waals surface area contributed by atoms with Gasteiger partial charge in [-0.3, -0.25) is 14.9 Å². The van der Waals surface area contributed by atoms with Crippen LogP contribution < -0.4 is 0 Å². The summed E-state index contributed by atoms with van der Waals surface area (Å²) in [7, 11) is 0. The molecule has 0 saturated carbocycles. The zero-order valence-electron chi connectivity index (χ0n) is 18.1. The fourth-order valence-corrected chi connectivity index (χ4v) is 4.80. The van der Waals surface area contributed by atoms with Gasteiger partial charge in [-0.15, -0.1) is 0 Å². The monoisotopic (exact) mass is 422 g/mol. The van der Waals surface area contributed by atoms with Crippen LogP contribution >= 0.6 is 0 Å². The van der Waals surface area contributed by atoms with Crippen LogP contribution in [0.1, 0.15) is 43.0 Å². The number of piperidine rings is 2. The lowest BCUT2D eigenvalue weighted by Gasteiger charge is -2.37. The lowest BCUT2D eigenvalue weighted by molar-refractivity contribution is -0.384. The van der Waals surface area contributed by atoms with Crippen LogP contribution in [0, 0.1) is 22.0 Å². The van der Waals surface area contributed by atoms with E-state index in [9.17, 15) is 14.9 Å². The number of carbonyl (C=O) groups is 1. The van der Waals surface area contributed by atoms with Gasteiger partial charge in [0.15, 0.2) is 0 Å². The maximum atomic E-state index is 13.4. The molecule has 0 spiro atoms. The molecular formula is C24H30N4O3. The highest BCUT2D eigenvalue weighted by Gasteiger charge is 2.32. The highest BCUT2D eigenvalue weighted by Crippen LogP contribution is 2.32. The number of hydrogen-bond donors (Lipinski definition) is 0. The largest absolute Gasteiger partial charge is 0.338 e. The molecule has 4 rings (SSSR count). The Morgan fingerprint density at radius 3 is 2.58 bits per heavy atom. The minimum absolute atomic E-state index is 0.131. The predicted molar refractivity (Wildman–Crippen MR) is 120 cm³/mol. The molecule has 0 N–H and O–H groups in total. The van der Waals surface area contributed by atoms with Gasteiger partial charge in [-0.25, -0.2) is 4.98 Å². The molecule has 2 aliphatic heterocycles. The fourth-order valence-electron chi connectivity index (χ4n) is 4.80. The molecule has 7 nitrogen and oxygen atoms in total. The second-order valence-electron chi connectivity index (χ2n) is 8.92. The van der Waals surface area contributed by atoms with Crippen molar-refractivity contribution in [2.75, 3.05) is 32.7 Å². The molecule has 2 fully saturated rings. The SMILES string of the molecule is CC1CCN(CC2CCCN(C(=O)c3ccnc(-c4ccccc4)c3[N+](=O)[O-])C2)CC1. The van der Waals surface area contributed by atoms with Crippen molar-refractivity contribution in [3.05, 3.63) is 58.3 Å². The first-order valence-electron chi connectivity index (χ1n) is 11.2. The third-order valence-corrected chi connectivity index (χ3v) is 6.58. The summed E-state index contributed by atoms with van der Waals surface area (Å²) in [5.74, 6) is 0.954. The summed E-state index contributed by atoms with van der Waals surface area (Å²) in [6.07, 6.45) is 6.01. The van der Waals surface area contributed by atoms with Crippen molar-refractivity contribution >= 4 is 11.6 Å². The number of hydrogen-bond acceptors (Lipinski definition) is 5. The maximum absolute atomic E-state index is 13.4. The molecule has 0 aliphatic carbocycles. The van der Waals surface area contributed by atoms with E-state index in [1.807, 2.05) is 18.2 Å². The van der Waals surface area contributed by atoms with E-state index in [4.69, 9.17) is 0 Å². The molecule has 3 heterocycles. The van der Waals surface area contributed by atoms with Gasteiger partial charge in [0.25, 0.3) is 5.91 Å². The van der Waals surface area contributed by atoms with Crippen LogP contribution in [0.4, 0.5) is 5.69 Å². The Bertz CT molecular complexity index is 926. The zero-order chi connectivity index (χ0) is 21.8. The van der Waals surface area contributed by atoms with Crippen molar-refractivity contribution in [3.8, 4) is 11.3 Å². The van der Waals surface area contributed by atoms with Crippen LogP contribution in [0.2, 0.25) is 0 Å². The topological polar surface area (TPSA) is 79.6 Å². The lowest BCUT2D eigenvalue weighted by Crippen LogP contribution is -2.45. The number of benzene rings is 1. The van der Waals surface area contributed by atoms with E-state index in [1.54, 1.807) is 17.0 Å². The molecule has 7 heteroatoms. The Labute approximate surface area is 183 Å². The van der Waals surface area contributed by atoms with Gasteiger partial charge in [-0.2, -0.15) is 0 Å². The van der Waals surface area contributed by atoms with Crippen molar-refractivity contribution in [2.24, 2.45) is 11.8 Å². The molecular weight excluding hydrogens is 392 g/mol. The van der Waals surface area contributed by atoms with Gasteiger partial charge in [0.2, 0.25) is 0 Å². The number of nitrogens with zero attached hydrogens (tertiary/aromatic N) is 4. The first kappa shape index (κ1) is 21.4. The quantitative estimate of drug-likeness (QED) is 0.532. The normalized spacial score (nSPS) is 20.5. The van der Waals surface area contributed by atoms with Crippen LogP contribution in [-0.4, -0.2) is 58.3 Å². The van der Waals surface area contributed by atoms with Crippen molar-refractivity contribution in [2.45, 2.75) is 32.6 Å². The average molecular weight is 423 g/mol. The van der Waals surface area contributed by atoms with Gasteiger partial charge >= 0.3 is 5.69 Å². The number of nitro groups is 1. The third-order valence-electron chi connectivity index (χ3n) is 6.58. The standard InChI is InChI=1S/C24H30N4O3/c1-18-10-14-26(15-11-18)16-19-6-5-13-27(17-19)24(29)21-9-12-25-22(23(21)28(30)31)20-7-3-2-4-8-20/h2-4,7-9,12,18-19H,5-6,10-11,13-17H2,1H3. The summed E-state index contributed by atoms with van der Waals surface area (Å²) in [4.78, 5) is 33.4. The van der Waals surface area contributed by atoms with Gasteiger partial charge in [0, 0.05) is 31.4 Å². The molecule has 0 radical (unpaired) electrons. The minimum Gasteiger partial charge on any atom is -0.338 e. The molecule has 1 atom stereocenters. The number of pyridine rings is 1. The highest BCUT2D eigenvalue weighted by molar-refractivity contribution is 6.00. The van der Waals surface area contributed by atoms with E-state index in [2.05, 4.69) is 16.8 Å². The van der Waals surface area contributed by atoms with E-state index < -0.39 is 4.92 Å². The van der Waals surface area contributed by atoms with E-state index in [0.29, 0.717) is 24.6 Å². The summed E-state index contributed by atoms with van der Waals surface area (Å²) in [5.41, 5.74) is 0.810. The van der Waals surface area contributed by atoms with Gasteiger partial charge < -0.3 is 9.80 Å². The molecule has 2 aliphatic rings. The Kier molecular flexibility index (Phi) is 6.61. The first-order chi connectivity index (χ1) is 15.0. The van der Waals surface area contributed by atoms with Gasteiger partial charge in [0.1, 0.15) is 11.3 Å². The number of carbonyl (C=O) groups excluding carboxylic acids is 1. The maximum Gasteiger partial charge on any atom is 0.308 e. The number of aromatic nitrogens is 1. The van der Waals surface area contributed by atoms with Gasteiger partial charge in [-0.1, -0.05) is 37.3 Å². The predicted octanol–water partition coefficient (Wildman–Crippen LogP) is 4.24. The first-order valence-corrected chi connectivity index (χ1v) is 11.2. The Morgan fingerprint density at radius 1 is 1.13 bits per heavy atom. The van der Waals surface area contributed by atoms with Crippen LogP contribution in [-0.2, 0) is 0 Å². The molecule has 2 saturated heterocycles. The van der Waals surface area contributed by atoms with E-state index in [-0.39, 0.29) is 22.9 Å². The molecule has 1 aromatic heterocycles. The van der Waals surface area contributed by atoms with Crippen LogP contribution in [0.3, 0.4) is 0 Å². The van der Waals surface area contributed by atoms with Crippen LogP contribution in [0.25, 0.3) is 11.3 Å². The Balaban J connectivity index is 1.53. The summed E-state index contributed by atoms with van der Waals surface area (Å²) in [5, 5.41) is 11.9. The zero-order valence-corrected chi connectivity index (χ0v) is 18.1. The Hall–Kier alpha value is -2.80. The van der Waals surface area contributed by atoms with Crippen molar-refractivity contribution in [3.63, 3.8) is 0 Å². The van der Waals surface area contributed by atoms with Crippen LogP contribution in [0.15, 0.2) is 42.6 Å². The molecule has 31 heavy (non-hydrogen) atoms. The van der Waals surface area contributed by atoms with E-state index in [0.717, 1.165) is 38.4 Å². The smallest absolute Gasteiger partial charge is 0.308 e. The van der Waals surface area contributed by atoms with Crippen molar-refractivity contribution < 1.29 is 9.72 Å². The van der Waals surface area contributed by atoms with Crippen LogP contribution in [0.5, 0.6) is 0 Å². The fraction of sp³-hybridized carbons (Fsp3) is 0.500. The summed E-state index contributed by atoms with van der Waals surface area (Å²) < 4.78 is 0. The second kappa shape index (κ2) is 9.56. The highest BCUT2D eigenvalue weighted by atomic mass is 16.6. The van der Waals surface area contributed by atoms with Gasteiger partial charge in [-0.05, 0) is 56.7 Å². The van der Waals surface area contributed by atoms with E-state index in [1.165, 1.54) is 25.1 Å². The molecule has 1 amide bonds. The summed E-state index contributed by atoms with van der Waals surface area (Å²) >= 11 is 0. The number of amides is 1. The lowest BCUT2D eigenvalue weighted by atomic mass is 9.94. The average Bonchev–Trinajstić information content (AvgIpc) is 2.80. The molecule has 164 valence electrons. The number of rotatable bonds is 5. The Morgan fingerprint density at radius 2 is 1.87 bits per heavy atom. The summed E-state index contributed by atoms with van der Waals surface area (Å²) in [6.45, 7) is 6.87. The molecule has 1 aromatic carbocycles. The van der Waals surface area contributed by atoms with Crippen molar-refractivity contribution in [1.29, 1.82) is 0 Å². The third kappa shape index (κ3) is 4.93. The number of likely N-dealkylation sites (tertiary alicyclic amines) is 2. The molecule has 0 bridgehead atoms. The van der Waals surface area contributed by atoms with E-state index >= 15 is 0 Å². The second-order valence-corrected chi connectivity index (χ2v) is 8.92.